The van der Waals surface area contributed by atoms with Crippen molar-refractivity contribution in [2.24, 2.45) is 5.92 Å². The van der Waals surface area contributed by atoms with Crippen molar-refractivity contribution in [2.75, 3.05) is 13.1 Å². The lowest BCUT2D eigenvalue weighted by Crippen LogP contribution is -2.47. The number of rotatable bonds is 3. The Morgan fingerprint density at radius 1 is 1.25 bits per heavy atom. The number of carboxylic acid groups (broad SMARTS) is 1. The monoisotopic (exact) mass is 226 g/mol. The van der Waals surface area contributed by atoms with Gasteiger partial charge >= 0.3 is 12.0 Å². The summed E-state index contributed by atoms with van der Waals surface area (Å²) in [6.07, 6.45) is 4.98. The molecule has 16 heavy (non-hydrogen) atoms. The Morgan fingerprint density at radius 3 is 2.56 bits per heavy atom. The van der Waals surface area contributed by atoms with Gasteiger partial charge in [-0.05, 0) is 31.6 Å². The average molecular weight is 226 g/mol. The lowest BCUT2D eigenvalue weighted by molar-refractivity contribution is -0.141. The van der Waals surface area contributed by atoms with Crippen LogP contribution in [0.5, 0.6) is 0 Å². The lowest BCUT2D eigenvalue weighted by atomic mass is 9.85. The number of carbonyl (C=O) groups excluding carboxylic acids is 1. The highest BCUT2D eigenvalue weighted by molar-refractivity contribution is 5.83. The van der Waals surface area contributed by atoms with E-state index in [1.54, 1.807) is 0 Å². The van der Waals surface area contributed by atoms with Crippen LogP contribution >= 0.6 is 0 Å². The maximum absolute atomic E-state index is 11.8. The van der Waals surface area contributed by atoms with Gasteiger partial charge in [-0.25, -0.2) is 9.59 Å². The first kappa shape index (κ1) is 11.2. The minimum Gasteiger partial charge on any atom is -0.480 e. The Labute approximate surface area is 94.8 Å². The van der Waals surface area contributed by atoms with Gasteiger partial charge in [-0.1, -0.05) is 6.42 Å². The second-order valence-corrected chi connectivity index (χ2v) is 4.67. The molecule has 2 aliphatic rings. The van der Waals surface area contributed by atoms with Gasteiger partial charge in [0.2, 0.25) is 0 Å². The molecule has 2 fully saturated rings. The third-order valence-corrected chi connectivity index (χ3v) is 3.57. The molecule has 1 saturated heterocycles. The Bertz CT molecular complexity index is 289. The molecule has 0 aromatic carbocycles. The lowest BCUT2D eigenvalue weighted by Gasteiger charge is -2.28. The Balaban J connectivity index is 1.80. The number of urea groups is 1. The van der Waals surface area contributed by atoms with E-state index in [1.165, 1.54) is 24.2 Å². The number of nitrogens with zero attached hydrogens (tertiary/aromatic N) is 1. The summed E-state index contributed by atoms with van der Waals surface area (Å²) in [7, 11) is 0. The number of carboxylic acids is 1. The van der Waals surface area contributed by atoms with Crippen molar-refractivity contribution in [2.45, 2.75) is 38.1 Å². The number of aliphatic carboxylic acids is 1. The second-order valence-electron chi connectivity index (χ2n) is 4.67. The van der Waals surface area contributed by atoms with Crippen molar-refractivity contribution >= 4 is 12.0 Å². The van der Waals surface area contributed by atoms with E-state index in [9.17, 15) is 9.59 Å². The van der Waals surface area contributed by atoms with Crippen LogP contribution in [0.2, 0.25) is 0 Å². The SMILES string of the molecule is O=C(O)[C@H]1CCCN1C(=O)NCC1CCC1. The molecule has 5 nitrogen and oxygen atoms in total. The Morgan fingerprint density at radius 2 is 2.00 bits per heavy atom. The zero-order valence-electron chi connectivity index (χ0n) is 9.32. The van der Waals surface area contributed by atoms with Crippen LogP contribution in [-0.2, 0) is 4.79 Å². The molecular weight excluding hydrogens is 208 g/mol. The molecule has 0 bridgehead atoms. The number of nitrogens with one attached hydrogen (secondary N) is 1. The van der Waals surface area contributed by atoms with Crippen molar-refractivity contribution in [3.05, 3.63) is 0 Å². The van der Waals surface area contributed by atoms with Gasteiger partial charge in [0.25, 0.3) is 0 Å². The fourth-order valence-corrected chi connectivity index (χ4v) is 2.30. The number of hydrogen-bond acceptors (Lipinski definition) is 2. The van der Waals surface area contributed by atoms with Crippen LogP contribution in [0.1, 0.15) is 32.1 Å². The zero-order chi connectivity index (χ0) is 11.5. The summed E-state index contributed by atoms with van der Waals surface area (Å²) in [5, 5.41) is 11.8. The predicted molar refractivity (Wildman–Crippen MR) is 58.1 cm³/mol. The first-order valence-corrected chi connectivity index (χ1v) is 5.96. The molecular formula is C11H18N2O3. The van der Waals surface area contributed by atoms with Gasteiger partial charge in [0, 0.05) is 13.1 Å². The fourth-order valence-electron chi connectivity index (χ4n) is 2.30. The highest BCUT2D eigenvalue weighted by Crippen LogP contribution is 2.25. The van der Waals surface area contributed by atoms with Crippen molar-refractivity contribution in [1.29, 1.82) is 0 Å². The molecule has 2 amide bonds. The van der Waals surface area contributed by atoms with E-state index >= 15 is 0 Å². The van der Waals surface area contributed by atoms with Gasteiger partial charge in [-0.2, -0.15) is 0 Å². The van der Waals surface area contributed by atoms with E-state index in [0.717, 1.165) is 6.42 Å². The van der Waals surface area contributed by atoms with E-state index in [2.05, 4.69) is 5.32 Å². The zero-order valence-corrected chi connectivity index (χ0v) is 9.32. The van der Waals surface area contributed by atoms with Gasteiger partial charge in [-0.3, -0.25) is 0 Å². The normalized spacial score (nSPS) is 25.2. The molecule has 0 radical (unpaired) electrons. The minimum absolute atomic E-state index is 0.211. The molecule has 1 heterocycles. The third-order valence-electron chi connectivity index (χ3n) is 3.57. The number of carbonyl (C=O) groups is 2. The number of hydrogen-bond donors (Lipinski definition) is 2. The summed E-state index contributed by atoms with van der Waals surface area (Å²) in [6, 6.07) is -0.835. The van der Waals surface area contributed by atoms with Crippen LogP contribution < -0.4 is 5.32 Å². The molecule has 0 aromatic rings. The highest BCUT2D eigenvalue weighted by atomic mass is 16.4. The van der Waals surface area contributed by atoms with E-state index in [1.807, 2.05) is 0 Å². The second kappa shape index (κ2) is 4.72. The molecule has 5 heteroatoms. The van der Waals surface area contributed by atoms with Crippen LogP contribution in [0.4, 0.5) is 4.79 Å². The third kappa shape index (κ3) is 2.28. The van der Waals surface area contributed by atoms with Crippen molar-refractivity contribution in [3.8, 4) is 0 Å². The van der Waals surface area contributed by atoms with Crippen LogP contribution in [0.25, 0.3) is 0 Å². The highest BCUT2D eigenvalue weighted by Gasteiger charge is 2.34. The van der Waals surface area contributed by atoms with Crippen molar-refractivity contribution in [3.63, 3.8) is 0 Å². The first-order valence-electron chi connectivity index (χ1n) is 5.96. The smallest absolute Gasteiger partial charge is 0.326 e. The summed E-state index contributed by atoms with van der Waals surface area (Å²) in [4.78, 5) is 24.1. The maximum atomic E-state index is 11.8. The van der Waals surface area contributed by atoms with Gasteiger partial charge in [0.05, 0.1) is 0 Å². The molecule has 2 N–H and O–H groups in total. The van der Waals surface area contributed by atoms with Gasteiger partial charge in [-0.15, -0.1) is 0 Å². The van der Waals surface area contributed by atoms with Gasteiger partial charge in [0.1, 0.15) is 6.04 Å². The molecule has 1 saturated carbocycles. The Hall–Kier alpha value is -1.26. The molecule has 0 spiro atoms. The summed E-state index contributed by atoms with van der Waals surface area (Å²) >= 11 is 0. The first-order chi connectivity index (χ1) is 7.68. The molecule has 90 valence electrons. The average Bonchev–Trinajstić information content (AvgIpc) is 2.63. The van der Waals surface area contributed by atoms with Crippen LogP contribution in [0.15, 0.2) is 0 Å². The van der Waals surface area contributed by atoms with E-state index in [0.29, 0.717) is 25.4 Å². The van der Waals surface area contributed by atoms with E-state index in [-0.39, 0.29) is 6.03 Å². The molecule has 1 aliphatic carbocycles. The fraction of sp³-hybridized carbons (Fsp3) is 0.818. The Kier molecular flexibility index (Phi) is 3.31. The molecule has 1 aliphatic heterocycles. The van der Waals surface area contributed by atoms with E-state index < -0.39 is 12.0 Å². The number of amides is 2. The summed E-state index contributed by atoms with van der Waals surface area (Å²) < 4.78 is 0. The predicted octanol–water partition coefficient (Wildman–Crippen LogP) is 1.05. The molecule has 0 unspecified atom stereocenters. The number of likely N-dealkylation sites (tertiary alicyclic amines) is 1. The summed E-state index contributed by atoms with van der Waals surface area (Å²) in [5.74, 6) is -0.286. The van der Waals surface area contributed by atoms with Crippen molar-refractivity contribution < 1.29 is 14.7 Å². The molecule has 1 atom stereocenters. The standard InChI is InChI=1S/C11H18N2O3/c14-10(15)9-5-2-6-13(9)11(16)12-7-8-3-1-4-8/h8-9H,1-7H2,(H,12,16)(H,14,15)/t9-/m1/s1. The topological polar surface area (TPSA) is 69.6 Å². The van der Waals surface area contributed by atoms with Crippen LogP contribution in [-0.4, -0.2) is 41.1 Å². The molecule has 0 aromatic heterocycles. The minimum atomic E-state index is -0.892. The van der Waals surface area contributed by atoms with Gasteiger partial charge in [0.15, 0.2) is 0 Å². The summed E-state index contributed by atoms with van der Waals surface area (Å²) in [5.41, 5.74) is 0. The quantitative estimate of drug-likeness (QED) is 0.755. The largest absolute Gasteiger partial charge is 0.480 e. The van der Waals surface area contributed by atoms with Crippen LogP contribution in [0, 0.1) is 5.92 Å². The maximum Gasteiger partial charge on any atom is 0.326 e. The van der Waals surface area contributed by atoms with Crippen molar-refractivity contribution in [1.82, 2.24) is 10.2 Å². The van der Waals surface area contributed by atoms with Crippen LogP contribution in [0.3, 0.4) is 0 Å². The van der Waals surface area contributed by atoms with Gasteiger partial charge < -0.3 is 15.3 Å². The summed E-state index contributed by atoms with van der Waals surface area (Å²) in [6.45, 7) is 1.26. The molecule has 2 rings (SSSR count). The van der Waals surface area contributed by atoms with E-state index in [4.69, 9.17) is 5.11 Å².